The molecule has 5 heteroatoms. The van der Waals surface area contributed by atoms with Gasteiger partial charge in [-0.25, -0.2) is 0 Å². The molecule has 0 bridgehead atoms. The third kappa shape index (κ3) is 1.45. The summed E-state index contributed by atoms with van der Waals surface area (Å²) in [6.07, 6.45) is -3.08. The standard InChI is InChI=1S/C9H7F3N2/c10-9(11,12)14-6-5-13-7-3-1-2-4-8(7)14/h1-5H,6H2. The van der Waals surface area contributed by atoms with E-state index in [1.165, 1.54) is 12.3 Å². The van der Waals surface area contributed by atoms with Crippen LogP contribution in [0.15, 0.2) is 29.3 Å². The van der Waals surface area contributed by atoms with E-state index in [0.717, 1.165) is 0 Å². The van der Waals surface area contributed by atoms with Gasteiger partial charge in [0.2, 0.25) is 0 Å². The highest BCUT2D eigenvalue weighted by atomic mass is 19.4. The molecule has 0 aromatic heterocycles. The molecule has 0 saturated heterocycles. The summed E-state index contributed by atoms with van der Waals surface area (Å²) in [5, 5.41) is 0. The Hall–Kier alpha value is -1.52. The third-order valence-corrected chi connectivity index (χ3v) is 1.97. The SMILES string of the molecule is FC(F)(F)N1CC=Nc2ccccc21. The van der Waals surface area contributed by atoms with Crippen LogP contribution < -0.4 is 4.90 Å². The maximum absolute atomic E-state index is 12.5. The van der Waals surface area contributed by atoms with Crippen LogP contribution in [0.4, 0.5) is 24.5 Å². The average molecular weight is 200 g/mol. The lowest BCUT2D eigenvalue weighted by Gasteiger charge is -2.28. The molecule has 74 valence electrons. The summed E-state index contributed by atoms with van der Waals surface area (Å²) in [5.74, 6) is 0. The molecule has 1 aliphatic heterocycles. The zero-order valence-electron chi connectivity index (χ0n) is 7.12. The van der Waals surface area contributed by atoms with Crippen molar-refractivity contribution in [2.45, 2.75) is 6.30 Å². The highest BCUT2D eigenvalue weighted by Crippen LogP contribution is 2.36. The number of hydrogen-bond donors (Lipinski definition) is 0. The molecule has 1 aromatic rings. The molecule has 0 atom stereocenters. The summed E-state index contributed by atoms with van der Waals surface area (Å²) >= 11 is 0. The first-order valence-corrected chi connectivity index (χ1v) is 4.05. The molecule has 14 heavy (non-hydrogen) atoms. The smallest absolute Gasteiger partial charge is 0.277 e. The van der Waals surface area contributed by atoms with Gasteiger partial charge in [0.25, 0.3) is 0 Å². The topological polar surface area (TPSA) is 15.6 Å². The first-order chi connectivity index (χ1) is 6.59. The van der Waals surface area contributed by atoms with Gasteiger partial charge in [0, 0.05) is 6.21 Å². The van der Waals surface area contributed by atoms with Gasteiger partial charge in [0.15, 0.2) is 0 Å². The molecule has 0 N–H and O–H groups in total. The van der Waals surface area contributed by atoms with Gasteiger partial charge in [-0.15, -0.1) is 0 Å². The lowest BCUT2D eigenvalue weighted by molar-refractivity contribution is -0.127. The lowest BCUT2D eigenvalue weighted by Crippen LogP contribution is -2.40. The molecular formula is C9H7F3N2. The Balaban J connectivity index is 2.46. The van der Waals surface area contributed by atoms with E-state index in [9.17, 15) is 13.2 Å². The van der Waals surface area contributed by atoms with Crippen molar-refractivity contribution in [2.75, 3.05) is 11.4 Å². The maximum Gasteiger partial charge on any atom is 0.485 e. The molecular weight excluding hydrogens is 193 g/mol. The van der Waals surface area contributed by atoms with Crippen molar-refractivity contribution in [3.05, 3.63) is 24.3 Å². The van der Waals surface area contributed by atoms with Crippen LogP contribution in [-0.2, 0) is 0 Å². The highest BCUT2D eigenvalue weighted by molar-refractivity contribution is 5.81. The number of hydrogen-bond acceptors (Lipinski definition) is 2. The predicted molar refractivity (Wildman–Crippen MR) is 48.0 cm³/mol. The highest BCUT2D eigenvalue weighted by Gasteiger charge is 2.38. The molecule has 0 spiro atoms. The lowest BCUT2D eigenvalue weighted by atomic mass is 10.2. The van der Waals surface area contributed by atoms with Gasteiger partial charge < -0.3 is 0 Å². The molecule has 1 aliphatic rings. The van der Waals surface area contributed by atoms with Crippen LogP contribution in [0.5, 0.6) is 0 Å². The van der Waals surface area contributed by atoms with Gasteiger partial charge in [-0.1, -0.05) is 12.1 Å². The minimum atomic E-state index is -4.34. The minimum Gasteiger partial charge on any atom is -0.277 e. The fourth-order valence-electron chi connectivity index (χ4n) is 1.36. The zero-order chi connectivity index (χ0) is 10.2. The molecule has 0 amide bonds. The van der Waals surface area contributed by atoms with E-state index in [1.54, 1.807) is 18.2 Å². The summed E-state index contributed by atoms with van der Waals surface area (Å²) in [6, 6.07) is 6.21. The first kappa shape index (κ1) is 9.05. The van der Waals surface area contributed by atoms with Crippen LogP contribution in [0, 0.1) is 0 Å². The van der Waals surface area contributed by atoms with Crippen molar-refractivity contribution in [3.8, 4) is 0 Å². The van der Waals surface area contributed by atoms with Gasteiger partial charge in [0.1, 0.15) is 0 Å². The maximum atomic E-state index is 12.5. The molecule has 0 fully saturated rings. The fourth-order valence-corrected chi connectivity index (χ4v) is 1.36. The second-order valence-corrected chi connectivity index (χ2v) is 2.88. The summed E-state index contributed by atoms with van der Waals surface area (Å²) in [4.78, 5) is 4.26. The molecule has 0 radical (unpaired) electrons. The van der Waals surface area contributed by atoms with E-state index in [1.807, 2.05) is 0 Å². The van der Waals surface area contributed by atoms with E-state index in [2.05, 4.69) is 4.99 Å². The monoisotopic (exact) mass is 200 g/mol. The summed E-state index contributed by atoms with van der Waals surface area (Å²) in [5.41, 5.74) is 0.471. The first-order valence-electron chi connectivity index (χ1n) is 4.05. The molecule has 0 aliphatic carbocycles. The predicted octanol–water partition coefficient (Wildman–Crippen LogP) is 2.73. The van der Waals surface area contributed by atoms with E-state index in [-0.39, 0.29) is 12.2 Å². The number of benzene rings is 1. The van der Waals surface area contributed by atoms with Gasteiger partial charge in [-0.05, 0) is 12.1 Å². The van der Waals surface area contributed by atoms with E-state index >= 15 is 0 Å². The van der Waals surface area contributed by atoms with Crippen LogP contribution in [0.2, 0.25) is 0 Å². The van der Waals surface area contributed by atoms with Crippen molar-refractivity contribution >= 4 is 17.6 Å². The van der Waals surface area contributed by atoms with Gasteiger partial charge in [0.05, 0.1) is 17.9 Å². The summed E-state index contributed by atoms with van der Waals surface area (Å²) in [7, 11) is 0. The van der Waals surface area contributed by atoms with Crippen LogP contribution in [0.1, 0.15) is 0 Å². The van der Waals surface area contributed by atoms with Crippen LogP contribution in [0.3, 0.4) is 0 Å². The van der Waals surface area contributed by atoms with Gasteiger partial charge >= 0.3 is 6.30 Å². The number of alkyl halides is 3. The Morgan fingerprint density at radius 1 is 1.21 bits per heavy atom. The Labute approximate surface area is 78.7 Å². The number of anilines is 1. The quantitative estimate of drug-likeness (QED) is 0.588. The number of fused-ring (bicyclic) bond motifs is 1. The third-order valence-electron chi connectivity index (χ3n) is 1.97. The number of aliphatic imine (C=N–C) groups is 1. The van der Waals surface area contributed by atoms with Gasteiger partial charge in [-0.2, -0.15) is 13.2 Å². The van der Waals surface area contributed by atoms with Crippen molar-refractivity contribution in [2.24, 2.45) is 4.99 Å². The largest absolute Gasteiger partial charge is 0.485 e. The van der Waals surface area contributed by atoms with Crippen LogP contribution in [0.25, 0.3) is 0 Å². The zero-order valence-corrected chi connectivity index (χ0v) is 7.12. The minimum absolute atomic E-state index is 0.113. The Morgan fingerprint density at radius 2 is 1.93 bits per heavy atom. The number of halogens is 3. The van der Waals surface area contributed by atoms with Crippen molar-refractivity contribution < 1.29 is 13.2 Å². The molecule has 0 saturated carbocycles. The van der Waals surface area contributed by atoms with E-state index in [4.69, 9.17) is 0 Å². The Kier molecular flexibility index (Phi) is 1.94. The van der Waals surface area contributed by atoms with Gasteiger partial charge in [-0.3, -0.25) is 9.89 Å². The molecule has 2 rings (SSSR count). The summed E-state index contributed by atoms with van der Waals surface area (Å²) in [6.45, 7) is -0.222. The molecule has 1 heterocycles. The second kappa shape index (κ2) is 3.01. The van der Waals surface area contributed by atoms with Crippen molar-refractivity contribution in [1.29, 1.82) is 0 Å². The normalized spacial score (nSPS) is 15.5. The van der Waals surface area contributed by atoms with E-state index < -0.39 is 6.30 Å². The van der Waals surface area contributed by atoms with Crippen LogP contribution >= 0.6 is 0 Å². The fraction of sp³-hybridized carbons (Fsp3) is 0.222. The molecule has 1 aromatic carbocycles. The van der Waals surface area contributed by atoms with Crippen LogP contribution in [-0.4, -0.2) is 19.1 Å². The number of nitrogens with zero attached hydrogens (tertiary/aromatic N) is 2. The average Bonchev–Trinajstić information content (AvgIpc) is 2.15. The van der Waals surface area contributed by atoms with E-state index in [0.29, 0.717) is 10.6 Å². The van der Waals surface area contributed by atoms with Crippen molar-refractivity contribution in [3.63, 3.8) is 0 Å². The number of para-hydroxylation sites is 2. The van der Waals surface area contributed by atoms with Crippen molar-refractivity contribution in [1.82, 2.24) is 0 Å². The Bertz CT molecular complexity index is 371. The molecule has 0 unspecified atom stereocenters. The second-order valence-electron chi connectivity index (χ2n) is 2.88. The number of rotatable bonds is 0. The summed E-state index contributed by atoms with van der Waals surface area (Å²) < 4.78 is 37.5. The Morgan fingerprint density at radius 3 is 2.64 bits per heavy atom. The molecule has 2 nitrogen and oxygen atoms in total.